The average molecular weight is 428 g/mol. The molecule has 0 spiro atoms. The standard InChI is InChI=1S/C26H24N2O4/c1-5-18-12-15(2)16(3)13-23(18)24-11-10-21(32-24)14-22-17(4)27-28(25(22)29)20-8-6-19(7-9-20)26(30)31/h6-14H,5H2,1-4H3,(H,30,31)/b22-14-. The summed E-state index contributed by atoms with van der Waals surface area (Å²) in [6, 6.07) is 14.1. The number of carbonyl (C=O) groups excluding carboxylic acids is 1. The third-order valence-electron chi connectivity index (χ3n) is 5.70. The molecule has 6 nitrogen and oxygen atoms in total. The van der Waals surface area contributed by atoms with Crippen molar-refractivity contribution in [2.75, 3.05) is 5.01 Å². The predicted octanol–water partition coefficient (Wildman–Crippen LogP) is 5.63. The number of amides is 1. The molecule has 0 bridgehead atoms. The van der Waals surface area contributed by atoms with Crippen LogP contribution < -0.4 is 5.01 Å². The van der Waals surface area contributed by atoms with Gasteiger partial charge in [0.05, 0.1) is 22.5 Å². The Balaban J connectivity index is 1.63. The first-order valence-electron chi connectivity index (χ1n) is 10.4. The van der Waals surface area contributed by atoms with Crippen LogP contribution in [-0.4, -0.2) is 22.7 Å². The summed E-state index contributed by atoms with van der Waals surface area (Å²) in [5.74, 6) is 0.0244. The van der Waals surface area contributed by atoms with Crippen LogP contribution in [-0.2, 0) is 11.2 Å². The highest BCUT2D eigenvalue weighted by atomic mass is 16.4. The van der Waals surface area contributed by atoms with Crippen molar-refractivity contribution in [1.82, 2.24) is 0 Å². The van der Waals surface area contributed by atoms with Gasteiger partial charge in [-0.05, 0) is 92.4 Å². The van der Waals surface area contributed by atoms with Gasteiger partial charge < -0.3 is 9.52 Å². The van der Waals surface area contributed by atoms with E-state index < -0.39 is 5.97 Å². The Kier molecular flexibility index (Phi) is 5.53. The fraction of sp³-hybridized carbons (Fsp3) is 0.192. The highest BCUT2D eigenvalue weighted by molar-refractivity contribution is 6.32. The highest BCUT2D eigenvalue weighted by Gasteiger charge is 2.29. The molecule has 1 aliphatic rings. The predicted molar refractivity (Wildman–Crippen MR) is 125 cm³/mol. The van der Waals surface area contributed by atoms with E-state index in [0.29, 0.717) is 22.7 Å². The summed E-state index contributed by atoms with van der Waals surface area (Å²) in [6.07, 6.45) is 2.59. The Morgan fingerprint density at radius 2 is 1.75 bits per heavy atom. The summed E-state index contributed by atoms with van der Waals surface area (Å²) in [4.78, 5) is 24.0. The van der Waals surface area contributed by atoms with Crippen LogP contribution in [0.2, 0.25) is 0 Å². The molecule has 0 saturated heterocycles. The van der Waals surface area contributed by atoms with Gasteiger partial charge in [-0.25, -0.2) is 4.79 Å². The molecule has 2 heterocycles. The van der Waals surface area contributed by atoms with Crippen molar-refractivity contribution < 1.29 is 19.1 Å². The van der Waals surface area contributed by atoms with Crippen molar-refractivity contribution >= 4 is 29.4 Å². The molecular weight excluding hydrogens is 404 g/mol. The van der Waals surface area contributed by atoms with Crippen LogP contribution >= 0.6 is 0 Å². The van der Waals surface area contributed by atoms with E-state index in [1.54, 1.807) is 25.1 Å². The average Bonchev–Trinajstić information content (AvgIpc) is 3.35. The van der Waals surface area contributed by atoms with E-state index in [2.05, 4.69) is 38.0 Å². The second-order valence-electron chi connectivity index (χ2n) is 7.86. The topological polar surface area (TPSA) is 83.1 Å². The number of carbonyl (C=O) groups is 2. The smallest absolute Gasteiger partial charge is 0.335 e. The zero-order valence-corrected chi connectivity index (χ0v) is 18.5. The van der Waals surface area contributed by atoms with Crippen LogP contribution in [0.3, 0.4) is 0 Å². The molecular formula is C26H24N2O4. The van der Waals surface area contributed by atoms with E-state index in [1.165, 1.54) is 33.8 Å². The molecule has 1 aromatic heterocycles. The number of aryl methyl sites for hydroxylation is 3. The second kappa shape index (κ2) is 8.30. The lowest BCUT2D eigenvalue weighted by Crippen LogP contribution is -2.21. The maximum absolute atomic E-state index is 13.0. The van der Waals surface area contributed by atoms with E-state index in [9.17, 15) is 9.59 Å². The van der Waals surface area contributed by atoms with Gasteiger partial charge in [0.1, 0.15) is 11.5 Å². The number of rotatable bonds is 5. The van der Waals surface area contributed by atoms with Gasteiger partial charge in [-0.1, -0.05) is 13.0 Å². The maximum Gasteiger partial charge on any atom is 0.335 e. The first-order chi connectivity index (χ1) is 15.3. The molecule has 0 radical (unpaired) electrons. The molecule has 3 aromatic rings. The number of carboxylic acids is 1. The van der Waals surface area contributed by atoms with Gasteiger partial charge >= 0.3 is 5.97 Å². The van der Waals surface area contributed by atoms with Gasteiger partial charge in [-0.2, -0.15) is 10.1 Å². The van der Waals surface area contributed by atoms with Crippen molar-refractivity contribution in [2.45, 2.75) is 34.1 Å². The summed E-state index contributed by atoms with van der Waals surface area (Å²) >= 11 is 0. The van der Waals surface area contributed by atoms with Crippen molar-refractivity contribution in [2.24, 2.45) is 5.10 Å². The van der Waals surface area contributed by atoms with Crippen molar-refractivity contribution in [1.29, 1.82) is 0 Å². The minimum atomic E-state index is -1.02. The molecule has 0 unspecified atom stereocenters. The zero-order chi connectivity index (χ0) is 23.0. The number of nitrogens with zero attached hydrogens (tertiary/aromatic N) is 2. The van der Waals surface area contributed by atoms with E-state index in [-0.39, 0.29) is 11.5 Å². The minimum Gasteiger partial charge on any atom is -0.478 e. The second-order valence-corrected chi connectivity index (χ2v) is 7.86. The van der Waals surface area contributed by atoms with E-state index >= 15 is 0 Å². The third-order valence-corrected chi connectivity index (χ3v) is 5.70. The van der Waals surface area contributed by atoms with Crippen molar-refractivity contribution in [3.05, 3.63) is 82.1 Å². The van der Waals surface area contributed by atoms with Gasteiger partial charge in [0.15, 0.2) is 0 Å². The normalized spacial score (nSPS) is 14.9. The minimum absolute atomic E-state index is 0.151. The number of aromatic carboxylic acids is 1. The number of carboxylic acid groups (broad SMARTS) is 1. The molecule has 2 aromatic carbocycles. The van der Waals surface area contributed by atoms with E-state index in [1.807, 2.05) is 12.1 Å². The summed E-state index contributed by atoms with van der Waals surface area (Å²) in [6.45, 7) is 8.06. The Bertz CT molecular complexity index is 1280. The summed E-state index contributed by atoms with van der Waals surface area (Å²) in [5.41, 5.74) is 6.38. The number of hydrazone groups is 1. The Labute approximate surface area is 186 Å². The molecule has 0 fully saturated rings. The molecule has 0 saturated carbocycles. The third kappa shape index (κ3) is 3.87. The van der Waals surface area contributed by atoms with Gasteiger partial charge in [-0.15, -0.1) is 0 Å². The molecule has 1 N–H and O–H groups in total. The number of anilines is 1. The zero-order valence-electron chi connectivity index (χ0n) is 18.5. The summed E-state index contributed by atoms with van der Waals surface area (Å²) < 4.78 is 6.08. The van der Waals surface area contributed by atoms with Crippen LogP contribution in [0.25, 0.3) is 17.4 Å². The largest absolute Gasteiger partial charge is 0.478 e. The highest BCUT2D eigenvalue weighted by Crippen LogP contribution is 2.31. The molecule has 162 valence electrons. The number of benzene rings is 2. The SMILES string of the molecule is CCc1cc(C)c(C)cc1-c1ccc(/C=C2\C(=O)N(c3ccc(C(=O)O)cc3)N=C2C)o1. The van der Waals surface area contributed by atoms with Crippen LogP contribution in [0.4, 0.5) is 5.69 Å². The summed E-state index contributed by atoms with van der Waals surface area (Å²) in [7, 11) is 0. The molecule has 0 aliphatic carbocycles. The molecule has 1 amide bonds. The first-order valence-corrected chi connectivity index (χ1v) is 10.4. The number of hydrogen-bond acceptors (Lipinski definition) is 4. The molecule has 4 rings (SSSR count). The number of furan rings is 1. The molecule has 32 heavy (non-hydrogen) atoms. The first kappa shape index (κ1) is 21.3. The van der Waals surface area contributed by atoms with Crippen molar-refractivity contribution in [3.63, 3.8) is 0 Å². The Hall–Kier alpha value is -3.93. The lowest BCUT2D eigenvalue weighted by atomic mass is 9.97. The fourth-order valence-corrected chi connectivity index (χ4v) is 3.72. The van der Waals surface area contributed by atoms with Crippen LogP contribution in [0, 0.1) is 13.8 Å². The molecule has 1 aliphatic heterocycles. The van der Waals surface area contributed by atoms with Gasteiger partial charge in [0, 0.05) is 5.56 Å². The Morgan fingerprint density at radius 1 is 1.06 bits per heavy atom. The molecule has 6 heteroatoms. The van der Waals surface area contributed by atoms with Crippen LogP contribution in [0.15, 0.2) is 63.6 Å². The van der Waals surface area contributed by atoms with Crippen LogP contribution in [0.5, 0.6) is 0 Å². The van der Waals surface area contributed by atoms with E-state index in [4.69, 9.17) is 9.52 Å². The van der Waals surface area contributed by atoms with Gasteiger partial charge in [-0.3, -0.25) is 4.79 Å². The van der Waals surface area contributed by atoms with Crippen molar-refractivity contribution in [3.8, 4) is 11.3 Å². The fourth-order valence-electron chi connectivity index (χ4n) is 3.72. The van der Waals surface area contributed by atoms with Gasteiger partial charge in [0.2, 0.25) is 0 Å². The molecule has 0 atom stereocenters. The lowest BCUT2D eigenvalue weighted by molar-refractivity contribution is -0.114. The Morgan fingerprint density at radius 3 is 2.41 bits per heavy atom. The maximum atomic E-state index is 13.0. The lowest BCUT2D eigenvalue weighted by Gasteiger charge is -2.11. The number of hydrogen-bond donors (Lipinski definition) is 1. The summed E-state index contributed by atoms with van der Waals surface area (Å²) in [5, 5.41) is 14.7. The van der Waals surface area contributed by atoms with Gasteiger partial charge in [0.25, 0.3) is 5.91 Å². The van der Waals surface area contributed by atoms with Crippen LogP contribution in [0.1, 0.15) is 46.7 Å². The van der Waals surface area contributed by atoms with E-state index in [0.717, 1.165) is 17.7 Å². The quantitative estimate of drug-likeness (QED) is 0.534. The monoisotopic (exact) mass is 428 g/mol.